The number of hydrogen-bond donors (Lipinski definition) is 0. The first kappa shape index (κ1) is 22.1. The molecule has 0 spiro atoms. The third-order valence-electron chi connectivity index (χ3n) is 6.84. The Hall–Kier alpha value is -5.15. The second-order valence-electron chi connectivity index (χ2n) is 9.36. The van der Waals surface area contributed by atoms with Crippen molar-refractivity contribution in [3.63, 3.8) is 0 Å². The average molecular weight is 486 g/mol. The van der Waals surface area contributed by atoms with Gasteiger partial charge in [0.2, 0.25) is 0 Å². The molecule has 0 N–H and O–H groups in total. The van der Waals surface area contributed by atoms with Crippen LogP contribution < -0.4 is 0 Å². The molecule has 2 aromatic heterocycles. The van der Waals surface area contributed by atoms with Crippen molar-refractivity contribution >= 4 is 21.7 Å². The van der Waals surface area contributed by atoms with Gasteiger partial charge in [-0.05, 0) is 41.1 Å². The third kappa shape index (κ3) is 4.21. The summed E-state index contributed by atoms with van der Waals surface area (Å²) in [6, 6.07) is 48.0. The van der Waals surface area contributed by atoms with Gasteiger partial charge in [0.25, 0.3) is 0 Å². The zero-order chi connectivity index (χ0) is 25.3. The molecule has 3 heteroatoms. The predicted octanol–water partition coefficient (Wildman–Crippen LogP) is 8.85. The molecule has 0 fully saturated rings. The molecule has 0 radical (unpaired) electrons. The first-order valence-corrected chi connectivity index (χ1v) is 12.7. The zero-order valence-electron chi connectivity index (χ0n) is 20.6. The topological polar surface area (TPSA) is 38.7 Å². The van der Waals surface area contributed by atoms with Gasteiger partial charge in [0, 0.05) is 27.6 Å². The van der Waals surface area contributed by atoms with Crippen molar-refractivity contribution in [2.24, 2.45) is 0 Å². The highest BCUT2D eigenvalue weighted by Crippen LogP contribution is 2.31. The molecule has 178 valence electrons. The summed E-state index contributed by atoms with van der Waals surface area (Å²) in [7, 11) is 0. The van der Waals surface area contributed by atoms with Gasteiger partial charge in [-0.25, -0.2) is 15.0 Å². The number of nitrogens with zero attached hydrogens (tertiary/aromatic N) is 3. The van der Waals surface area contributed by atoms with E-state index in [9.17, 15) is 0 Å². The Balaban J connectivity index is 1.34. The van der Waals surface area contributed by atoms with Gasteiger partial charge in [-0.2, -0.15) is 0 Å². The smallest absolute Gasteiger partial charge is 0.160 e. The second kappa shape index (κ2) is 9.38. The molecule has 38 heavy (non-hydrogen) atoms. The van der Waals surface area contributed by atoms with E-state index in [1.54, 1.807) is 0 Å². The van der Waals surface area contributed by atoms with Crippen molar-refractivity contribution in [1.82, 2.24) is 15.0 Å². The van der Waals surface area contributed by atoms with E-state index in [-0.39, 0.29) is 0 Å². The fraction of sp³-hybridized carbons (Fsp3) is 0. The third-order valence-corrected chi connectivity index (χ3v) is 6.84. The van der Waals surface area contributed by atoms with Crippen LogP contribution in [-0.2, 0) is 0 Å². The minimum atomic E-state index is 0.711. The van der Waals surface area contributed by atoms with E-state index in [0.29, 0.717) is 5.82 Å². The van der Waals surface area contributed by atoms with Gasteiger partial charge >= 0.3 is 0 Å². The molecular formula is C35H23N3. The molecule has 3 nitrogen and oxygen atoms in total. The number of pyridine rings is 1. The van der Waals surface area contributed by atoms with E-state index in [1.165, 1.54) is 10.8 Å². The number of fused-ring (bicyclic) bond motifs is 2. The van der Waals surface area contributed by atoms with Crippen LogP contribution in [-0.4, -0.2) is 15.0 Å². The Morgan fingerprint density at radius 3 is 1.63 bits per heavy atom. The van der Waals surface area contributed by atoms with Gasteiger partial charge < -0.3 is 0 Å². The Kier molecular flexibility index (Phi) is 5.45. The van der Waals surface area contributed by atoms with E-state index in [1.807, 2.05) is 48.5 Å². The molecule has 7 rings (SSSR count). The van der Waals surface area contributed by atoms with E-state index >= 15 is 0 Å². The van der Waals surface area contributed by atoms with Crippen molar-refractivity contribution in [2.45, 2.75) is 0 Å². The van der Waals surface area contributed by atoms with Crippen LogP contribution in [0.3, 0.4) is 0 Å². The fourth-order valence-electron chi connectivity index (χ4n) is 4.88. The monoisotopic (exact) mass is 485 g/mol. The first-order valence-electron chi connectivity index (χ1n) is 12.7. The Morgan fingerprint density at radius 1 is 0.316 bits per heavy atom. The molecule has 0 aliphatic carbocycles. The van der Waals surface area contributed by atoms with Crippen LogP contribution in [0.1, 0.15) is 0 Å². The van der Waals surface area contributed by atoms with Crippen LogP contribution in [0.2, 0.25) is 0 Å². The lowest BCUT2D eigenvalue weighted by molar-refractivity contribution is 1.18. The first-order chi connectivity index (χ1) is 18.8. The second-order valence-corrected chi connectivity index (χ2v) is 9.36. The van der Waals surface area contributed by atoms with E-state index in [0.717, 1.165) is 50.2 Å². The minimum absolute atomic E-state index is 0.711. The molecule has 0 saturated carbocycles. The highest BCUT2D eigenvalue weighted by atomic mass is 14.9. The van der Waals surface area contributed by atoms with E-state index in [4.69, 9.17) is 15.0 Å². The summed E-state index contributed by atoms with van der Waals surface area (Å²) in [5.41, 5.74) is 7.85. The van der Waals surface area contributed by atoms with Crippen molar-refractivity contribution in [1.29, 1.82) is 0 Å². The maximum absolute atomic E-state index is 5.03. The summed E-state index contributed by atoms with van der Waals surface area (Å²) >= 11 is 0. The van der Waals surface area contributed by atoms with Crippen molar-refractivity contribution in [3.8, 4) is 45.2 Å². The molecule has 0 aliphatic heterocycles. The summed E-state index contributed by atoms with van der Waals surface area (Å²) in [4.78, 5) is 14.9. The normalized spacial score (nSPS) is 11.2. The summed E-state index contributed by atoms with van der Waals surface area (Å²) in [5.74, 6) is 0.711. The molecule has 0 saturated heterocycles. The fourth-order valence-corrected chi connectivity index (χ4v) is 4.88. The molecule has 0 atom stereocenters. The number of benzene rings is 5. The minimum Gasteiger partial charge on any atom is -0.248 e. The van der Waals surface area contributed by atoms with Crippen LogP contribution in [0.25, 0.3) is 66.8 Å². The highest BCUT2D eigenvalue weighted by molar-refractivity contribution is 5.97. The molecule has 0 unspecified atom stereocenters. The number of rotatable bonds is 4. The van der Waals surface area contributed by atoms with Crippen molar-refractivity contribution in [3.05, 3.63) is 140 Å². The van der Waals surface area contributed by atoms with Crippen molar-refractivity contribution in [2.75, 3.05) is 0 Å². The van der Waals surface area contributed by atoms with Crippen LogP contribution in [0.5, 0.6) is 0 Å². The standard InChI is InChI=1S/C35H23N3/c1-3-10-24(11-4-1)33-23-34(38-35(37-33)25-12-5-2-6-13-25)29-17-9-16-28(21-29)31-19-18-30-20-26-14-7-8-15-27(26)22-32(30)36-31/h1-23H. The Labute approximate surface area is 221 Å². The van der Waals surface area contributed by atoms with Gasteiger partial charge in [0.05, 0.1) is 22.6 Å². The molecule has 0 amide bonds. The van der Waals surface area contributed by atoms with Crippen LogP contribution in [0, 0.1) is 0 Å². The lowest BCUT2D eigenvalue weighted by Crippen LogP contribution is -1.96. The SMILES string of the molecule is c1ccc(-c2cc(-c3cccc(-c4ccc5cc6ccccc6cc5n4)c3)nc(-c3ccccc3)n2)cc1. The van der Waals surface area contributed by atoms with Gasteiger partial charge in [-0.3, -0.25) is 0 Å². The molecule has 0 aliphatic rings. The summed E-state index contributed by atoms with van der Waals surface area (Å²) in [6.07, 6.45) is 0. The van der Waals surface area contributed by atoms with Crippen LogP contribution in [0.15, 0.2) is 140 Å². The summed E-state index contributed by atoms with van der Waals surface area (Å²) in [5, 5.41) is 3.56. The summed E-state index contributed by atoms with van der Waals surface area (Å²) in [6.45, 7) is 0. The van der Waals surface area contributed by atoms with Gasteiger partial charge in [0.1, 0.15) is 0 Å². The van der Waals surface area contributed by atoms with Crippen molar-refractivity contribution < 1.29 is 0 Å². The lowest BCUT2D eigenvalue weighted by Gasteiger charge is -2.11. The van der Waals surface area contributed by atoms with E-state index < -0.39 is 0 Å². The summed E-state index contributed by atoms with van der Waals surface area (Å²) < 4.78 is 0. The quantitative estimate of drug-likeness (QED) is 0.234. The van der Waals surface area contributed by atoms with Gasteiger partial charge in [-0.15, -0.1) is 0 Å². The highest BCUT2D eigenvalue weighted by Gasteiger charge is 2.12. The zero-order valence-corrected chi connectivity index (χ0v) is 20.6. The molecule has 2 heterocycles. The molecular weight excluding hydrogens is 462 g/mol. The molecule has 5 aromatic carbocycles. The largest absolute Gasteiger partial charge is 0.248 e. The van der Waals surface area contributed by atoms with E-state index in [2.05, 4.69) is 91.0 Å². The molecule has 7 aromatic rings. The number of aromatic nitrogens is 3. The molecule has 0 bridgehead atoms. The number of hydrogen-bond acceptors (Lipinski definition) is 3. The average Bonchev–Trinajstić information content (AvgIpc) is 3.00. The lowest BCUT2D eigenvalue weighted by atomic mass is 10.0. The van der Waals surface area contributed by atoms with Gasteiger partial charge in [0.15, 0.2) is 5.82 Å². The Morgan fingerprint density at radius 2 is 0.895 bits per heavy atom. The van der Waals surface area contributed by atoms with Crippen LogP contribution in [0.4, 0.5) is 0 Å². The Bertz CT molecular complexity index is 1850. The van der Waals surface area contributed by atoms with Crippen LogP contribution >= 0.6 is 0 Å². The predicted molar refractivity (Wildman–Crippen MR) is 157 cm³/mol. The van der Waals surface area contributed by atoms with Gasteiger partial charge in [-0.1, -0.05) is 109 Å². The maximum Gasteiger partial charge on any atom is 0.160 e. The maximum atomic E-state index is 5.03.